The van der Waals surface area contributed by atoms with E-state index in [-0.39, 0.29) is 24.4 Å². The van der Waals surface area contributed by atoms with Gasteiger partial charge in [-0.3, -0.25) is 9.69 Å². The van der Waals surface area contributed by atoms with Gasteiger partial charge in [0, 0.05) is 6.20 Å². The van der Waals surface area contributed by atoms with Gasteiger partial charge in [-0.2, -0.15) is 5.10 Å². The van der Waals surface area contributed by atoms with Gasteiger partial charge in [0.2, 0.25) is 0 Å². The Morgan fingerprint density at radius 2 is 1.91 bits per heavy atom. The fraction of sp³-hybridized carbons (Fsp3) is 0.312. The fourth-order valence-corrected chi connectivity index (χ4v) is 2.47. The SMILES string of the molecule is CC(C)C1NC(=O)N(Cc2ccn(-c3ccccc3)n2)C1=O. The zero-order valence-corrected chi connectivity index (χ0v) is 12.6. The standard InChI is InChI=1S/C16H18N4O2/c1-11(2)14-15(21)19(16(22)17-14)10-12-8-9-20(18-12)13-6-4-3-5-7-13/h3-9,11,14H,10H2,1-2H3,(H,17,22). The van der Waals surface area contributed by atoms with Crippen molar-refractivity contribution < 1.29 is 9.59 Å². The molecule has 1 aromatic heterocycles. The Hall–Kier alpha value is -2.63. The number of carbonyl (C=O) groups is 2. The second-order valence-corrected chi connectivity index (χ2v) is 5.68. The van der Waals surface area contributed by atoms with Crippen LogP contribution in [0.25, 0.3) is 5.69 Å². The Bertz CT molecular complexity index is 693. The molecular formula is C16H18N4O2. The van der Waals surface area contributed by atoms with E-state index in [1.807, 2.05) is 56.4 Å². The number of urea groups is 1. The van der Waals surface area contributed by atoms with Gasteiger partial charge in [-0.25, -0.2) is 9.48 Å². The molecule has 0 aliphatic carbocycles. The summed E-state index contributed by atoms with van der Waals surface area (Å²) in [6.45, 7) is 4.01. The molecule has 1 fully saturated rings. The molecule has 0 bridgehead atoms. The van der Waals surface area contributed by atoms with Crippen LogP contribution in [0.5, 0.6) is 0 Å². The first kappa shape index (κ1) is 14.3. The summed E-state index contributed by atoms with van der Waals surface area (Å²) in [6, 6.07) is 10.7. The first-order valence-electron chi connectivity index (χ1n) is 7.28. The number of amides is 3. The number of nitrogens with one attached hydrogen (secondary N) is 1. The summed E-state index contributed by atoms with van der Waals surface area (Å²) in [5.74, 6) is -0.113. The van der Waals surface area contributed by atoms with Gasteiger partial charge in [-0.15, -0.1) is 0 Å². The van der Waals surface area contributed by atoms with Crippen LogP contribution in [-0.2, 0) is 11.3 Å². The third kappa shape index (κ3) is 2.59. The molecule has 3 rings (SSSR count). The summed E-state index contributed by atoms with van der Waals surface area (Å²) < 4.78 is 1.73. The first-order valence-corrected chi connectivity index (χ1v) is 7.28. The first-order chi connectivity index (χ1) is 10.6. The van der Waals surface area contributed by atoms with E-state index in [0.717, 1.165) is 5.69 Å². The summed E-state index contributed by atoms with van der Waals surface area (Å²) in [7, 11) is 0. The third-order valence-corrected chi connectivity index (χ3v) is 3.71. The molecule has 1 N–H and O–H groups in total. The topological polar surface area (TPSA) is 67.2 Å². The maximum absolute atomic E-state index is 12.2. The van der Waals surface area contributed by atoms with Crippen molar-refractivity contribution in [1.82, 2.24) is 20.0 Å². The summed E-state index contributed by atoms with van der Waals surface area (Å²) >= 11 is 0. The van der Waals surface area contributed by atoms with E-state index < -0.39 is 6.04 Å². The number of carbonyl (C=O) groups excluding carboxylic acids is 2. The molecule has 6 nitrogen and oxygen atoms in total. The molecule has 2 heterocycles. The third-order valence-electron chi connectivity index (χ3n) is 3.71. The minimum absolute atomic E-state index is 0.0725. The lowest BCUT2D eigenvalue weighted by molar-refractivity contribution is -0.128. The summed E-state index contributed by atoms with van der Waals surface area (Å²) in [5, 5.41) is 7.14. The van der Waals surface area contributed by atoms with Crippen molar-refractivity contribution in [3.8, 4) is 5.69 Å². The second-order valence-electron chi connectivity index (χ2n) is 5.68. The average molecular weight is 298 g/mol. The van der Waals surface area contributed by atoms with Crippen molar-refractivity contribution in [2.24, 2.45) is 5.92 Å². The maximum Gasteiger partial charge on any atom is 0.325 e. The fourth-order valence-electron chi connectivity index (χ4n) is 2.47. The van der Waals surface area contributed by atoms with Crippen LogP contribution in [0.15, 0.2) is 42.6 Å². The van der Waals surface area contributed by atoms with Crippen molar-refractivity contribution >= 4 is 11.9 Å². The van der Waals surface area contributed by atoms with Crippen molar-refractivity contribution in [1.29, 1.82) is 0 Å². The van der Waals surface area contributed by atoms with E-state index in [9.17, 15) is 9.59 Å². The Morgan fingerprint density at radius 1 is 1.18 bits per heavy atom. The molecule has 2 aromatic rings. The zero-order chi connectivity index (χ0) is 15.7. The lowest BCUT2D eigenvalue weighted by Gasteiger charge is -2.13. The van der Waals surface area contributed by atoms with Crippen LogP contribution >= 0.6 is 0 Å². The van der Waals surface area contributed by atoms with Gasteiger partial charge in [-0.05, 0) is 24.1 Å². The van der Waals surface area contributed by atoms with Crippen molar-refractivity contribution in [3.63, 3.8) is 0 Å². The molecule has 1 saturated heterocycles. The van der Waals surface area contributed by atoms with E-state index in [2.05, 4.69) is 10.4 Å². The van der Waals surface area contributed by atoms with Crippen LogP contribution in [0.2, 0.25) is 0 Å². The lowest BCUT2D eigenvalue weighted by Crippen LogP contribution is -2.34. The molecule has 6 heteroatoms. The highest BCUT2D eigenvalue weighted by atomic mass is 16.2. The van der Waals surface area contributed by atoms with Gasteiger partial charge >= 0.3 is 6.03 Å². The number of benzene rings is 1. The second kappa shape index (κ2) is 5.63. The highest BCUT2D eigenvalue weighted by Crippen LogP contribution is 2.16. The van der Waals surface area contributed by atoms with E-state index in [1.54, 1.807) is 4.68 Å². The summed E-state index contributed by atoms with van der Waals surface area (Å²) in [6.07, 6.45) is 1.82. The Morgan fingerprint density at radius 3 is 2.55 bits per heavy atom. The number of para-hydroxylation sites is 1. The number of aromatic nitrogens is 2. The number of rotatable bonds is 4. The minimum Gasteiger partial charge on any atom is -0.326 e. The van der Waals surface area contributed by atoms with Gasteiger partial charge in [-0.1, -0.05) is 32.0 Å². The number of hydrogen-bond donors (Lipinski definition) is 1. The molecule has 0 radical (unpaired) electrons. The number of imide groups is 1. The smallest absolute Gasteiger partial charge is 0.325 e. The van der Waals surface area contributed by atoms with E-state index in [1.165, 1.54) is 4.90 Å². The van der Waals surface area contributed by atoms with E-state index >= 15 is 0 Å². The normalized spacial score (nSPS) is 18.1. The van der Waals surface area contributed by atoms with Crippen LogP contribution in [-0.4, -0.2) is 32.7 Å². The van der Waals surface area contributed by atoms with Crippen molar-refractivity contribution in [2.45, 2.75) is 26.4 Å². The molecule has 1 atom stereocenters. The quantitative estimate of drug-likeness (QED) is 0.877. The van der Waals surface area contributed by atoms with Gasteiger partial charge < -0.3 is 5.32 Å². The number of hydrogen-bond acceptors (Lipinski definition) is 3. The van der Waals surface area contributed by atoms with Crippen molar-refractivity contribution in [3.05, 3.63) is 48.3 Å². The molecule has 0 saturated carbocycles. The Labute approximate surface area is 128 Å². The van der Waals surface area contributed by atoms with Crippen LogP contribution < -0.4 is 5.32 Å². The summed E-state index contributed by atoms with van der Waals surface area (Å²) in [5.41, 5.74) is 1.61. The molecule has 22 heavy (non-hydrogen) atoms. The summed E-state index contributed by atoms with van der Waals surface area (Å²) in [4.78, 5) is 25.4. The molecule has 1 aliphatic heterocycles. The number of nitrogens with zero attached hydrogens (tertiary/aromatic N) is 3. The Kier molecular flexibility index (Phi) is 3.66. The average Bonchev–Trinajstić information content (AvgIpc) is 3.08. The van der Waals surface area contributed by atoms with Gasteiger partial charge in [0.05, 0.1) is 17.9 Å². The van der Waals surface area contributed by atoms with Gasteiger partial charge in [0.1, 0.15) is 6.04 Å². The van der Waals surface area contributed by atoms with E-state index in [4.69, 9.17) is 0 Å². The minimum atomic E-state index is -0.441. The molecule has 1 aromatic carbocycles. The van der Waals surface area contributed by atoms with Crippen LogP contribution in [0.4, 0.5) is 4.79 Å². The zero-order valence-electron chi connectivity index (χ0n) is 12.6. The highest BCUT2D eigenvalue weighted by molar-refractivity contribution is 6.04. The van der Waals surface area contributed by atoms with Crippen LogP contribution in [0.1, 0.15) is 19.5 Å². The van der Waals surface area contributed by atoms with Crippen LogP contribution in [0, 0.1) is 5.92 Å². The van der Waals surface area contributed by atoms with Gasteiger partial charge in [0.25, 0.3) is 5.91 Å². The van der Waals surface area contributed by atoms with Crippen molar-refractivity contribution in [2.75, 3.05) is 0 Å². The van der Waals surface area contributed by atoms with Crippen LogP contribution in [0.3, 0.4) is 0 Å². The maximum atomic E-state index is 12.2. The Balaban J connectivity index is 1.76. The molecular weight excluding hydrogens is 280 g/mol. The lowest BCUT2D eigenvalue weighted by atomic mass is 10.1. The monoisotopic (exact) mass is 298 g/mol. The largest absolute Gasteiger partial charge is 0.326 e. The van der Waals surface area contributed by atoms with E-state index in [0.29, 0.717) is 5.69 Å². The molecule has 3 amide bonds. The predicted octanol–water partition coefficient (Wildman–Crippen LogP) is 1.95. The molecule has 0 spiro atoms. The predicted molar refractivity (Wildman–Crippen MR) is 81.3 cm³/mol. The van der Waals surface area contributed by atoms with Gasteiger partial charge in [0.15, 0.2) is 0 Å². The molecule has 1 aliphatic rings. The molecule has 1 unspecified atom stereocenters. The molecule has 114 valence electrons. The highest BCUT2D eigenvalue weighted by Gasteiger charge is 2.39.